The Balaban J connectivity index is 2.30. The number of nitrogens with two attached hydrogens (primary N) is 1. The van der Waals surface area contributed by atoms with Gasteiger partial charge in [-0.2, -0.15) is 0 Å². The van der Waals surface area contributed by atoms with Crippen LogP contribution in [0.3, 0.4) is 0 Å². The van der Waals surface area contributed by atoms with E-state index in [0.717, 1.165) is 34.5 Å². The van der Waals surface area contributed by atoms with Crippen molar-refractivity contribution in [3.8, 4) is 0 Å². The topological polar surface area (TPSA) is 35.2 Å². The average Bonchev–Trinajstić information content (AvgIpc) is 2.23. The molecular weight excluding hydrogens is 277 g/mol. The molecule has 1 aromatic carbocycles. The zero-order valence-corrected chi connectivity index (χ0v) is 10.6. The van der Waals surface area contributed by atoms with E-state index in [0.29, 0.717) is 0 Å². The second kappa shape index (κ2) is 4.83. The van der Waals surface area contributed by atoms with Crippen LogP contribution >= 0.6 is 27.5 Å². The first-order valence-electron chi connectivity index (χ1n) is 5.00. The number of hydrogen-bond donors (Lipinski definition) is 1. The van der Waals surface area contributed by atoms with Crippen LogP contribution in [0, 0.1) is 0 Å². The fourth-order valence-electron chi connectivity index (χ4n) is 1.86. The van der Waals surface area contributed by atoms with E-state index in [1.54, 1.807) is 0 Å². The molecule has 1 heterocycles. The summed E-state index contributed by atoms with van der Waals surface area (Å²) in [4.78, 5) is 0. The van der Waals surface area contributed by atoms with Gasteiger partial charge >= 0.3 is 0 Å². The van der Waals surface area contributed by atoms with Gasteiger partial charge in [0.05, 0.1) is 6.10 Å². The van der Waals surface area contributed by atoms with Gasteiger partial charge in [-0.25, -0.2) is 0 Å². The molecule has 0 aromatic heterocycles. The van der Waals surface area contributed by atoms with Crippen molar-refractivity contribution in [1.82, 2.24) is 0 Å². The van der Waals surface area contributed by atoms with Crippen molar-refractivity contribution in [2.24, 2.45) is 5.73 Å². The number of halogens is 2. The molecular formula is C11H13BrClNO. The van der Waals surface area contributed by atoms with Gasteiger partial charge in [-0.15, -0.1) is 0 Å². The molecule has 0 bridgehead atoms. The van der Waals surface area contributed by atoms with Crippen LogP contribution in [0.4, 0.5) is 0 Å². The molecule has 2 unspecified atom stereocenters. The molecule has 0 aliphatic carbocycles. The molecule has 1 aliphatic rings. The van der Waals surface area contributed by atoms with E-state index in [9.17, 15) is 0 Å². The molecule has 1 fully saturated rings. The second-order valence-electron chi connectivity index (χ2n) is 3.76. The first kappa shape index (κ1) is 11.4. The Kier molecular flexibility index (Phi) is 3.67. The molecule has 2 N–H and O–H groups in total. The van der Waals surface area contributed by atoms with Gasteiger partial charge in [0.15, 0.2) is 0 Å². The maximum atomic E-state index is 6.14. The molecule has 2 rings (SSSR count). The van der Waals surface area contributed by atoms with Gasteiger partial charge in [0.1, 0.15) is 0 Å². The van der Waals surface area contributed by atoms with Crippen LogP contribution < -0.4 is 5.73 Å². The molecule has 1 aromatic rings. The van der Waals surface area contributed by atoms with Crippen LogP contribution in [0.5, 0.6) is 0 Å². The van der Waals surface area contributed by atoms with Gasteiger partial charge in [-0.1, -0.05) is 27.5 Å². The number of rotatable bonds is 1. The summed E-state index contributed by atoms with van der Waals surface area (Å²) in [6.07, 6.45) is 1.96. The van der Waals surface area contributed by atoms with E-state index < -0.39 is 0 Å². The SMILES string of the molecule is NC1CCCOC1c1cc(Br)ccc1Cl. The van der Waals surface area contributed by atoms with E-state index in [4.69, 9.17) is 22.1 Å². The maximum absolute atomic E-state index is 6.14. The zero-order chi connectivity index (χ0) is 10.8. The van der Waals surface area contributed by atoms with Gasteiger partial charge in [0.2, 0.25) is 0 Å². The van der Waals surface area contributed by atoms with Gasteiger partial charge in [-0.3, -0.25) is 0 Å². The van der Waals surface area contributed by atoms with Crippen LogP contribution in [0.15, 0.2) is 22.7 Å². The monoisotopic (exact) mass is 289 g/mol. The number of ether oxygens (including phenoxy) is 1. The van der Waals surface area contributed by atoms with Crippen molar-refractivity contribution >= 4 is 27.5 Å². The highest BCUT2D eigenvalue weighted by Gasteiger charge is 2.26. The van der Waals surface area contributed by atoms with E-state index in [1.165, 1.54) is 0 Å². The average molecular weight is 291 g/mol. The largest absolute Gasteiger partial charge is 0.372 e. The normalized spacial score (nSPS) is 26.6. The highest BCUT2D eigenvalue weighted by atomic mass is 79.9. The lowest BCUT2D eigenvalue weighted by atomic mass is 9.97. The van der Waals surface area contributed by atoms with E-state index in [-0.39, 0.29) is 12.1 Å². The molecule has 2 atom stereocenters. The van der Waals surface area contributed by atoms with Crippen molar-refractivity contribution in [3.63, 3.8) is 0 Å². The van der Waals surface area contributed by atoms with Crippen molar-refractivity contribution in [2.45, 2.75) is 25.0 Å². The number of benzene rings is 1. The molecule has 1 saturated heterocycles. The quantitative estimate of drug-likeness (QED) is 0.861. The Bertz CT molecular complexity index is 358. The Hall–Kier alpha value is -0.0900. The van der Waals surface area contributed by atoms with Crippen LogP contribution in [-0.2, 0) is 4.74 Å². The van der Waals surface area contributed by atoms with Gasteiger partial charge in [0.25, 0.3) is 0 Å². The molecule has 1 aliphatic heterocycles. The van der Waals surface area contributed by atoms with Crippen molar-refractivity contribution < 1.29 is 4.74 Å². The lowest BCUT2D eigenvalue weighted by Crippen LogP contribution is -2.34. The first-order chi connectivity index (χ1) is 7.18. The first-order valence-corrected chi connectivity index (χ1v) is 6.17. The summed E-state index contributed by atoms with van der Waals surface area (Å²) in [5, 5.41) is 0.723. The zero-order valence-electron chi connectivity index (χ0n) is 8.25. The van der Waals surface area contributed by atoms with E-state index in [1.807, 2.05) is 18.2 Å². The molecule has 0 saturated carbocycles. The summed E-state index contributed by atoms with van der Waals surface area (Å²) < 4.78 is 6.68. The Morgan fingerprint density at radius 3 is 3.00 bits per heavy atom. The lowest BCUT2D eigenvalue weighted by molar-refractivity contribution is 0.000176. The van der Waals surface area contributed by atoms with E-state index in [2.05, 4.69) is 15.9 Å². The smallest absolute Gasteiger partial charge is 0.0990 e. The maximum Gasteiger partial charge on any atom is 0.0990 e. The van der Waals surface area contributed by atoms with Crippen molar-refractivity contribution in [3.05, 3.63) is 33.3 Å². The molecule has 4 heteroatoms. The molecule has 0 spiro atoms. The fraction of sp³-hybridized carbons (Fsp3) is 0.455. The predicted molar refractivity (Wildman–Crippen MR) is 65.1 cm³/mol. The molecule has 15 heavy (non-hydrogen) atoms. The van der Waals surface area contributed by atoms with Crippen molar-refractivity contribution in [1.29, 1.82) is 0 Å². The fourth-order valence-corrected chi connectivity index (χ4v) is 2.46. The van der Waals surface area contributed by atoms with Crippen molar-refractivity contribution in [2.75, 3.05) is 6.61 Å². The second-order valence-corrected chi connectivity index (χ2v) is 5.09. The van der Waals surface area contributed by atoms with Gasteiger partial charge in [0, 0.05) is 27.7 Å². The summed E-state index contributed by atoms with van der Waals surface area (Å²) in [6.45, 7) is 0.765. The standard InChI is InChI=1S/C11H13BrClNO/c12-7-3-4-9(13)8(6-7)11-10(14)2-1-5-15-11/h3-4,6,10-11H,1-2,5,14H2. The van der Waals surface area contributed by atoms with E-state index >= 15 is 0 Å². The molecule has 82 valence electrons. The lowest BCUT2D eigenvalue weighted by Gasteiger charge is -2.29. The van der Waals surface area contributed by atoms with Crippen LogP contribution in [0.25, 0.3) is 0 Å². The van der Waals surface area contributed by atoms with Gasteiger partial charge in [-0.05, 0) is 31.0 Å². The Labute approximate surface area is 103 Å². The molecule has 2 nitrogen and oxygen atoms in total. The number of hydrogen-bond acceptors (Lipinski definition) is 2. The predicted octanol–water partition coefficient (Wildman–Crippen LogP) is 3.28. The summed E-state index contributed by atoms with van der Waals surface area (Å²) in [6, 6.07) is 5.81. The highest BCUT2D eigenvalue weighted by molar-refractivity contribution is 9.10. The van der Waals surface area contributed by atoms with Crippen LogP contribution in [0.1, 0.15) is 24.5 Å². The van der Waals surface area contributed by atoms with Crippen LogP contribution in [-0.4, -0.2) is 12.6 Å². The Morgan fingerprint density at radius 2 is 2.27 bits per heavy atom. The van der Waals surface area contributed by atoms with Crippen LogP contribution in [0.2, 0.25) is 5.02 Å². The third-order valence-corrected chi connectivity index (χ3v) is 3.47. The summed E-state index contributed by atoms with van der Waals surface area (Å²) in [7, 11) is 0. The molecule has 0 radical (unpaired) electrons. The summed E-state index contributed by atoms with van der Waals surface area (Å²) in [5.41, 5.74) is 7.02. The highest BCUT2D eigenvalue weighted by Crippen LogP contribution is 2.33. The minimum atomic E-state index is -0.0660. The third kappa shape index (κ3) is 2.53. The minimum absolute atomic E-state index is 0.0468. The molecule has 0 amide bonds. The third-order valence-electron chi connectivity index (χ3n) is 2.63. The Morgan fingerprint density at radius 1 is 1.47 bits per heavy atom. The van der Waals surface area contributed by atoms with Gasteiger partial charge < -0.3 is 10.5 Å². The minimum Gasteiger partial charge on any atom is -0.372 e. The summed E-state index contributed by atoms with van der Waals surface area (Å²) >= 11 is 9.57. The summed E-state index contributed by atoms with van der Waals surface area (Å²) in [5.74, 6) is 0.